The molecule has 0 aliphatic rings. The van der Waals surface area contributed by atoms with Gasteiger partial charge in [0.1, 0.15) is 12.4 Å². The van der Waals surface area contributed by atoms with Crippen LogP contribution in [-0.2, 0) is 5.41 Å². The summed E-state index contributed by atoms with van der Waals surface area (Å²) in [5.74, 6) is 0.901. The molecule has 108 valence electrons. The summed E-state index contributed by atoms with van der Waals surface area (Å²) in [6.07, 6.45) is 0. The summed E-state index contributed by atoms with van der Waals surface area (Å²) >= 11 is 0. The van der Waals surface area contributed by atoms with Crippen LogP contribution >= 0.6 is 0 Å². The highest BCUT2D eigenvalue weighted by atomic mass is 16.5. The molecule has 0 amide bonds. The van der Waals surface area contributed by atoms with E-state index in [4.69, 9.17) is 9.84 Å². The Bertz CT molecular complexity index is 367. The molecule has 1 atom stereocenters. The van der Waals surface area contributed by atoms with Gasteiger partial charge in [0.05, 0.1) is 6.61 Å². The molecule has 0 aromatic heterocycles. The molecule has 1 N–H and O–H groups in total. The van der Waals surface area contributed by atoms with Crippen LogP contribution in [0.2, 0.25) is 0 Å². The molecule has 1 unspecified atom stereocenters. The highest BCUT2D eigenvalue weighted by molar-refractivity contribution is 5.31. The highest BCUT2D eigenvalue weighted by Crippen LogP contribution is 2.24. The first-order chi connectivity index (χ1) is 8.84. The molecule has 1 rings (SSSR count). The summed E-state index contributed by atoms with van der Waals surface area (Å²) in [6.45, 7) is 10.2. The molecule has 0 aliphatic carbocycles. The zero-order valence-electron chi connectivity index (χ0n) is 12.8. The fraction of sp³-hybridized carbons (Fsp3) is 0.625. The van der Waals surface area contributed by atoms with E-state index >= 15 is 0 Å². The van der Waals surface area contributed by atoms with Crippen molar-refractivity contribution in [3.05, 3.63) is 29.8 Å². The summed E-state index contributed by atoms with van der Waals surface area (Å²) in [6, 6.07) is 8.46. The highest BCUT2D eigenvalue weighted by Gasteiger charge is 2.13. The lowest BCUT2D eigenvalue weighted by Crippen LogP contribution is -2.35. The molecular weight excluding hydrogens is 238 g/mol. The average molecular weight is 265 g/mol. The van der Waals surface area contributed by atoms with Gasteiger partial charge in [-0.25, -0.2) is 0 Å². The lowest BCUT2D eigenvalue weighted by molar-refractivity contribution is 0.140. The number of hydrogen-bond acceptors (Lipinski definition) is 3. The molecular formula is C16H27NO2. The minimum atomic E-state index is 0.173. The number of benzene rings is 1. The Morgan fingerprint density at radius 2 is 1.79 bits per heavy atom. The summed E-state index contributed by atoms with van der Waals surface area (Å²) in [7, 11) is 1.99. The van der Waals surface area contributed by atoms with Gasteiger partial charge >= 0.3 is 0 Å². The molecule has 0 bridgehead atoms. The Kier molecular flexibility index (Phi) is 5.83. The third-order valence-corrected chi connectivity index (χ3v) is 3.45. The molecule has 0 heterocycles. The van der Waals surface area contributed by atoms with Gasteiger partial charge in [-0.05, 0) is 37.1 Å². The van der Waals surface area contributed by atoms with Crippen LogP contribution in [0.25, 0.3) is 0 Å². The van der Waals surface area contributed by atoms with Crippen molar-refractivity contribution < 1.29 is 9.84 Å². The largest absolute Gasteiger partial charge is 0.492 e. The van der Waals surface area contributed by atoms with Crippen molar-refractivity contribution in [1.29, 1.82) is 0 Å². The maximum absolute atomic E-state index is 9.05. The Morgan fingerprint density at radius 1 is 1.21 bits per heavy atom. The average Bonchev–Trinajstić information content (AvgIpc) is 2.37. The van der Waals surface area contributed by atoms with Gasteiger partial charge in [0.2, 0.25) is 0 Å². The molecule has 0 aliphatic heterocycles. The van der Waals surface area contributed by atoms with E-state index in [0.29, 0.717) is 6.61 Å². The molecule has 1 aromatic carbocycles. The monoisotopic (exact) mass is 265 g/mol. The van der Waals surface area contributed by atoms with Crippen LogP contribution in [-0.4, -0.2) is 42.9 Å². The normalized spacial score (nSPS) is 13.6. The molecule has 1 aromatic rings. The first-order valence-corrected chi connectivity index (χ1v) is 6.89. The van der Waals surface area contributed by atoms with Crippen LogP contribution in [0.4, 0.5) is 0 Å². The fourth-order valence-corrected chi connectivity index (χ4v) is 1.72. The van der Waals surface area contributed by atoms with Crippen LogP contribution in [0.3, 0.4) is 0 Å². The molecule has 0 spiro atoms. The van der Waals surface area contributed by atoms with E-state index in [2.05, 4.69) is 37.8 Å². The number of rotatable bonds is 6. The lowest BCUT2D eigenvalue weighted by Gasteiger charge is -2.23. The quantitative estimate of drug-likeness (QED) is 0.858. The molecule has 0 saturated heterocycles. The Labute approximate surface area is 117 Å². The number of nitrogens with zero attached hydrogens (tertiary/aromatic N) is 1. The van der Waals surface area contributed by atoms with Crippen molar-refractivity contribution in [3.8, 4) is 5.75 Å². The smallest absolute Gasteiger partial charge is 0.119 e. The lowest BCUT2D eigenvalue weighted by atomic mass is 9.87. The molecule has 3 nitrogen and oxygen atoms in total. The summed E-state index contributed by atoms with van der Waals surface area (Å²) in [4.78, 5) is 2.09. The van der Waals surface area contributed by atoms with Crippen molar-refractivity contribution in [3.63, 3.8) is 0 Å². The van der Waals surface area contributed by atoms with Gasteiger partial charge in [-0.2, -0.15) is 0 Å². The van der Waals surface area contributed by atoms with Gasteiger partial charge in [-0.15, -0.1) is 0 Å². The molecule has 0 radical (unpaired) electrons. The van der Waals surface area contributed by atoms with E-state index in [1.54, 1.807) is 0 Å². The van der Waals surface area contributed by atoms with Gasteiger partial charge in [0.15, 0.2) is 0 Å². The Morgan fingerprint density at radius 3 is 2.26 bits per heavy atom. The fourth-order valence-electron chi connectivity index (χ4n) is 1.72. The SMILES string of the molecule is CC(CO)N(C)CCOc1ccc(C(C)(C)C)cc1. The van der Waals surface area contributed by atoms with E-state index in [0.717, 1.165) is 12.3 Å². The molecule has 0 fully saturated rings. The van der Waals surface area contributed by atoms with Crippen LogP contribution in [0.1, 0.15) is 33.3 Å². The van der Waals surface area contributed by atoms with E-state index in [9.17, 15) is 0 Å². The minimum Gasteiger partial charge on any atom is -0.492 e. The number of aliphatic hydroxyl groups is 1. The maximum Gasteiger partial charge on any atom is 0.119 e. The van der Waals surface area contributed by atoms with Crippen LogP contribution in [0, 0.1) is 0 Å². The topological polar surface area (TPSA) is 32.7 Å². The number of hydrogen-bond donors (Lipinski definition) is 1. The summed E-state index contributed by atoms with van der Waals surface area (Å²) in [5, 5.41) is 9.05. The number of ether oxygens (including phenoxy) is 1. The van der Waals surface area contributed by atoms with Gasteiger partial charge in [0, 0.05) is 12.6 Å². The van der Waals surface area contributed by atoms with Crippen molar-refractivity contribution in [2.45, 2.75) is 39.2 Å². The third-order valence-electron chi connectivity index (χ3n) is 3.45. The Balaban J connectivity index is 2.42. The van der Waals surface area contributed by atoms with E-state index in [1.165, 1.54) is 5.56 Å². The summed E-state index contributed by atoms with van der Waals surface area (Å²) < 4.78 is 5.72. The zero-order chi connectivity index (χ0) is 14.5. The van der Waals surface area contributed by atoms with Crippen molar-refractivity contribution in [1.82, 2.24) is 4.90 Å². The van der Waals surface area contributed by atoms with Crippen molar-refractivity contribution >= 4 is 0 Å². The van der Waals surface area contributed by atoms with Crippen molar-refractivity contribution in [2.75, 3.05) is 26.8 Å². The standard InChI is InChI=1S/C16H27NO2/c1-13(12-18)17(5)10-11-19-15-8-6-14(7-9-15)16(2,3)4/h6-9,13,18H,10-12H2,1-5H3. The molecule has 19 heavy (non-hydrogen) atoms. The van der Waals surface area contributed by atoms with Gasteiger partial charge in [-0.3, -0.25) is 4.90 Å². The van der Waals surface area contributed by atoms with Gasteiger partial charge < -0.3 is 9.84 Å². The van der Waals surface area contributed by atoms with E-state index in [1.807, 2.05) is 26.1 Å². The predicted octanol–water partition coefficient (Wildman–Crippen LogP) is 2.68. The molecule has 3 heteroatoms. The first-order valence-electron chi connectivity index (χ1n) is 6.89. The van der Waals surface area contributed by atoms with Gasteiger partial charge in [0.25, 0.3) is 0 Å². The van der Waals surface area contributed by atoms with Crippen LogP contribution in [0.5, 0.6) is 5.75 Å². The second kappa shape index (κ2) is 6.92. The number of aliphatic hydroxyl groups excluding tert-OH is 1. The molecule has 0 saturated carbocycles. The van der Waals surface area contributed by atoms with Crippen LogP contribution < -0.4 is 4.74 Å². The van der Waals surface area contributed by atoms with Gasteiger partial charge in [-0.1, -0.05) is 32.9 Å². The Hall–Kier alpha value is -1.06. The van der Waals surface area contributed by atoms with Crippen LogP contribution in [0.15, 0.2) is 24.3 Å². The van der Waals surface area contributed by atoms with E-state index < -0.39 is 0 Å². The number of likely N-dealkylation sites (N-methyl/N-ethyl adjacent to an activating group) is 1. The maximum atomic E-state index is 9.05. The zero-order valence-corrected chi connectivity index (χ0v) is 12.8. The minimum absolute atomic E-state index is 0.173. The second-order valence-electron chi connectivity index (χ2n) is 6.14. The van der Waals surface area contributed by atoms with E-state index in [-0.39, 0.29) is 18.1 Å². The first kappa shape index (κ1) is 16.0. The second-order valence-corrected chi connectivity index (χ2v) is 6.14. The predicted molar refractivity (Wildman–Crippen MR) is 79.8 cm³/mol. The summed E-state index contributed by atoms with van der Waals surface area (Å²) in [5.41, 5.74) is 1.49. The third kappa shape index (κ3) is 5.21. The van der Waals surface area contributed by atoms with Crippen molar-refractivity contribution in [2.24, 2.45) is 0 Å².